The summed E-state index contributed by atoms with van der Waals surface area (Å²) in [7, 11) is 1.77. The molecule has 2 unspecified atom stereocenters. The number of aromatic nitrogens is 5. The molecule has 170 valence electrons. The highest BCUT2D eigenvalue weighted by molar-refractivity contribution is 5.78. The number of nitrogens with zero attached hydrogens (tertiary/aromatic N) is 6. The summed E-state index contributed by atoms with van der Waals surface area (Å²) in [6.45, 7) is 3.03. The van der Waals surface area contributed by atoms with Gasteiger partial charge in [0.15, 0.2) is 11.9 Å². The number of nitrogen functional groups attached to an aromatic ring is 1. The Morgan fingerprint density at radius 1 is 1.30 bits per heavy atom. The maximum absolute atomic E-state index is 11.8. The number of imidazole rings is 1. The summed E-state index contributed by atoms with van der Waals surface area (Å²) >= 11 is 0. The normalized spacial score (nSPS) is 17.2. The van der Waals surface area contributed by atoms with Crippen molar-refractivity contribution in [1.82, 2.24) is 34.6 Å². The summed E-state index contributed by atoms with van der Waals surface area (Å²) in [6.07, 6.45) is 5.93. The largest absolute Gasteiger partial charge is 0.443 e. The highest BCUT2D eigenvalue weighted by Crippen LogP contribution is 2.31. The first-order valence-corrected chi connectivity index (χ1v) is 10.6. The number of nitrogens with one attached hydrogen (secondary N) is 1. The first-order chi connectivity index (χ1) is 15.9. The third-order valence-electron chi connectivity index (χ3n) is 5.83. The molecule has 1 fully saturated rings. The highest BCUT2D eigenvalue weighted by Gasteiger charge is 2.28. The number of carbonyl (C=O) groups is 1. The molecule has 5 heterocycles. The number of hydrogen-bond donors (Lipinski definition) is 3. The van der Waals surface area contributed by atoms with Crippen molar-refractivity contribution in [3.8, 4) is 22.8 Å². The van der Waals surface area contributed by atoms with Crippen LogP contribution in [0.4, 0.5) is 5.82 Å². The second-order valence-corrected chi connectivity index (χ2v) is 8.23. The summed E-state index contributed by atoms with van der Waals surface area (Å²) < 4.78 is 7.40. The number of amides is 1. The molecule has 4 aromatic rings. The van der Waals surface area contributed by atoms with E-state index in [9.17, 15) is 9.90 Å². The summed E-state index contributed by atoms with van der Waals surface area (Å²) in [5.74, 6) is 0.530. The smallest absolute Gasteiger partial charge is 0.247 e. The van der Waals surface area contributed by atoms with Crippen LogP contribution in [0, 0.1) is 12.8 Å². The Morgan fingerprint density at radius 3 is 2.88 bits per heavy atom. The number of nitrogens with two attached hydrogens (primary N) is 1. The maximum Gasteiger partial charge on any atom is 0.247 e. The molecular weight excluding hydrogens is 424 g/mol. The molecule has 0 radical (unpaired) electrons. The van der Waals surface area contributed by atoms with E-state index in [2.05, 4.69) is 25.3 Å². The van der Waals surface area contributed by atoms with Crippen molar-refractivity contribution >= 4 is 17.4 Å². The summed E-state index contributed by atoms with van der Waals surface area (Å²) in [5, 5.41) is 13.9. The molecule has 5 rings (SSSR count). The number of anilines is 1. The van der Waals surface area contributed by atoms with Crippen LogP contribution in [0.3, 0.4) is 0 Å². The van der Waals surface area contributed by atoms with E-state index < -0.39 is 6.23 Å². The van der Waals surface area contributed by atoms with Crippen molar-refractivity contribution in [2.75, 3.05) is 25.9 Å². The number of hydrogen-bond acceptors (Lipinski definition) is 9. The Hall–Kier alpha value is -3.83. The molecule has 1 aliphatic rings. The molecule has 0 saturated carbocycles. The van der Waals surface area contributed by atoms with Gasteiger partial charge in [0.25, 0.3) is 0 Å². The average Bonchev–Trinajstić information content (AvgIpc) is 3.53. The monoisotopic (exact) mass is 448 g/mol. The lowest BCUT2D eigenvalue weighted by molar-refractivity contribution is -0.126. The second-order valence-electron chi connectivity index (χ2n) is 8.23. The minimum atomic E-state index is -1.16. The molecule has 33 heavy (non-hydrogen) atoms. The fraction of sp³-hybridized carbons (Fsp3) is 0.318. The van der Waals surface area contributed by atoms with Gasteiger partial charge in [-0.15, -0.1) is 0 Å². The van der Waals surface area contributed by atoms with E-state index >= 15 is 0 Å². The van der Waals surface area contributed by atoms with Gasteiger partial charge in [-0.2, -0.15) is 0 Å². The first-order valence-electron chi connectivity index (χ1n) is 10.6. The number of fused-ring (bicyclic) bond motifs is 1. The Kier molecular flexibility index (Phi) is 5.27. The molecule has 0 aliphatic carbocycles. The van der Waals surface area contributed by atoms with Gasteiger partial charge in [0.2, 0.25) is 11.8 Å². The van der Waals surface area contributed by atoms with Crippen LogP contribution in [-0.4, -0.2) is 60.4 Å². The fourth-order valence-corrected chi connectivity index (χ4v) is 4.06. The second kappa shape index (κ2) is 8.26. The number of pyridine rings is 1. The minimum absolute atomic E-state index is 0.0615. The lowest BCUT2D eigenvalue weighted by Gasteiger charge is -2.18. The van der Waals surface area contributed by atoms with E-state index in [0.29, 0.717) is 30.9 Å². The Labute approximate surface area is 189 Å². The summed E-state index contributed by atoms with van der Waals surface area (Å²) in [6, 6.07) is 3.75. The molecular formula is C22H24N8O3. The quantitative estimate of drug-likeness (QED) is 0.372. The van der Waals surface area contributed by atoms with Gasteiger partial charge in [-0.3, -0.25) is 10.1 Å². The van der Waals surface area contributed by atoms with Gasteiger partial charge >= 0.3 is 0 Å². The number of aryl methyl sites for hydroxylation is 1. The van der Waals surface area contributed by atoms with Crippen LogP contribution in [0.2, 0.25) is 0 Å². The number of likely N-dealkylation sites (tertiary alicyclic amines) is 1. The zero-order valence-electron chi connectivity index (χ0n) is 18.3. The molecule has 0 spiro atoms. The van der Waals surface area contributed by atoms with Crippen LogP contribution in [0.15, 0.2) is 41.4 Å². The van der Waals surface area contributed by atoms with Gasteiger partial charge in [0.1, 0.15) is 29.1 Å². The van der Waals surface area contributed by atoms with E-state index in [1.54, 1.807) is 18.1 Å². The standard InChI is InChI=1S/C22H24N8O3/c1-12-8-25-15-4-3-14(11-30(12)15)17-18(22-24-5-6-33-22)28-20(23)19(27-17)21(32)26-9-13-7-16(31)29(2)10-13/h3-6,8,11,13,21,26,32H,7,9-10H2,1-2H3,(H2,23,28). The number of rotatable bonds is 6. The lowest BCUT2D eigenvalue weighted by atomic mass is 10.1. The van der Waals surface area contributed by atoms with E-state index in [1.165, 1.54) is 12.5 Å². The third-order valence-corrected chi connectivity index (χ3v) is 5.83. The van der Waals surface area contributed by atoms with Crippen molar-refractivity contribution < 1.29 is 14.3 Å². The van der Waals surface area contributed by atoms with Gasteiger partial charge in [-0.1, -0.05) is 0 Å². The average molecular weight is 448 g/mol. The molecule has 0 aromatic carbocycles. The zero-order chi connectivity index (χ0) is 23.1. The third kappa shape index (κ3) is 3.92. The van der Waals surface area contributed by atoms with Crippen LogP contribution < -0.4 is 11.1 Å². The first kappa shape index (κ1) is 21.0. The Balaban J connectivity index is 1.51. The predicted molar refractivity (Wildman–Crippen MR) is 120 cm³/mol. The highest BCUT2D eigenvalue weighted by atomic mass is 16.3. The molecule has 4 N–H and O–H groups in total. The minimum Gasteiger partial charge on any atom is -0.443 e. The van der Waals surface area contributed by atoms with Gasteiger partial charge < -0.3 is 24.6 Å². The van der Waals surface area contributed by atoms with Crippen LogP contribution in [0.25, 0.3) is 28.5 Å². The molecule has 1 saturated heterocycles. The lowest BCUT2D eigenvalue weighted by Crippen LogP contribution is -2.30. The molecule has 1 aliphatic heterocycles. The predicted octanol–water partition coefficient (Wildman–Crippen LogP) is 1.40. The zero-order valence-corrected chi connectivity index (χ0v) is 18.3. The Morgan fingerprint density at radius 2 is 2.15 bits per heavy atom. The van der Waals surface area contributed by atoms with Gasteiger partial charge in [0, 0.05) is 50.2 Å². The number of oxazole rings is 1. The molecule has 2 atom stereocenters. The van der Waals surface area contributed by atoms with E-state index in [-0.39, 0.29) is 29.2 Å². The molecule has 4 aromatic heterocycles. The van der Waals surface area contributed by atoms with Crippen LogP contribution >= 0.6 is 0 Å². The van der Waals surface area contributed by atoms with E-state index in [1.807, 2.05) is 29.7 Å². The van der Waals surface area contributed by atoms with Crippen molar-refractivity contribution in [3.05, 3.63) is 48.4 Å². The SMILES string of the molecule is Cc1cnc2ccc(-c3nc(C(O)NCC4CC(=O)N(C)C4)c(N)nc3-c3ncco3)cn12. The van der Waals surface area contributed by atoms with Crippen molar-refractivity contribution in [2.45, 2.75) is 19.6 Å². The summed E-state index contributed by atoms with van der Waals surface area (Å²) in [5.41, 5.74) is 9.71. The van der Waals surface area contributed by atoms with Crippen molar-refractivity contribution in [1.29, 1.82) is 0 Å². The number of aliphatic hydroxyl groups is 1. The Bertz CT molecular complexity index is 1320. The number of carbonyl (C=O) groups excluding carboxylic acids is 1. The fourth-order valence-electron chi connectivity index (χ4n) is 4.06. The van der Waals surface area contributed by atoms with E-state index in [4.69, 9.17) is 10.2 Å². The number of aliphatic hydroxyl groups excluding tert-OH is 1. The van der Waals surface area contributed by atoms with Crippen LogP contribution in [0.5, 0.6) is 0 Å². The summed E-state index contributed by atoms with van der Waals surface area (Å²) in [4.78, 5) is 31.2. The topological polar surface area (TPSA) is 148 Å². The maximum atomic E-state index is 11.8. The molecule has 1 amide bonds. The van der Waals surface area contributed by atoms with Gasteiger partial charge in [-0.25, -0.2) is 19.9 Å². The van der Waals surface area contributed by atoms with Gasteiger partial charge in [-0.05, 0) is 25.0 Å². The van der Waals surface area contributed by atoms with Crippen molar-refractivity contribution in [2.24, 2.45) is 5.92 Å². The molecule has 11 nitrogen and oxygen atoms in total. The van der Waals surface area contributed by atoms with Gasteiger partial charge in [0.05, 0.1) is 6.20 Å². The molecule has 0 bridgehead atoms. The molecule has 11 heteroatoms. The van der Waals surface area contributed by atoms with E-state index in [0.717, 1.165) is 16.9 Å². The van der Waals surface area contributed by atoms with Crippen LogP contribution in [0.1, 0.15) is 24.0 Å². The van der Waals surface area contributed by atoms with Crippen LogP contribution in [-0.2, 0) is 4.79 Å². The van der Waals surface area contributed by atoms with Crippen molar-refractivity contribution in [3.63, 3.8) is 0 Å².